The number of carbonyl (C=O) groups excluding carboxylic acids is 1. The first-order valence-corrected chi connectivity index (χ1v) is 6.35. The van der Waals surface area contributed by atoms with Crippen LogP contribution in [0.4, 0.5) is 0 Å². The highest BCUT2D eigenvalue weighted by Gasteiger charge is 2.36. The van der Waals surface area contributed by atoms with E-state index in [-0.39, 0.29) is 5.91 Å². The SMILES string of the molecule is COc1ccc2c(c1)C(=O)N(C)CC1CNCC21. The van der Waals surface area contributed by atoms with Crippen LogP contribution in [-0.4, -0.2) is 44.6 Å². The average Bonchev–Trinajstić information content (AvgIpc) is 2.81. The van der Waals surface area contributed by atoms with Gasteiger partial charge in [-0.2, -0.15) is 0 Å². The van der Waals surface area contributed by atoms with Crippen molar-refractivity contribution >= 4 is 5.91 Å². The van der Waals surface area contributed by atoms with Crippen LogP contribution in [0, 0.1) is 5.92 Å². The summed E-state index contributed by atoms with van der Waals surface area (Å²) in [7, 11) is 3.51. The van der Waals surface area contributed by atoms with Crippen molar-refractivity contribution in [2.45, 2.75) is 5.92 Å². The van der Waals surface area contributed by atoms with Gasteiger partial charge in [-0.3, -0.25) is 4.79 Å². The van der Waals surface area contributed by atoms with Crippen LogP contribution < -0.4 is 10.1 Å². The highest BCUT2D eigenvalue weighted by Crippen LogP contribution is 2.35. The predicted octanol–water partition coefficient (Wildman–Crippen LogP) is 1.08. The molecule has 0 spiro atoms. The van der Waals surface area contributed by atoms with E-state index in [0.717, 1.165) is 30.9 Å². The van der Waals surface area contributed by atoms with Crippen LogP contribution in [0.25, 0.3) is 0 Å². The molecule has 2 aliphatic rings. The highest BCUT2D eigenvalue weighted by molar-refractivity contribution is 5.96. The van der Waals surface area contributed by atoms with E-state index in [2.05, 4.69) is 11.4 Å². The van der Waals surface area contributed by atoms with Crippen LogP contribution in [0.15, 0.2) is 18.2 Å². The maximum absolute atomic E-state index is 12.4. The molecule has 1 aromatic carbocycles. The number of nitrogens with one attached hydrogen (secondary N) is 1. The number of hydrogen-bond acceptors (Lipinski definition) is 3. The molecule has 2 aliphatic heterocycles. The quantitative estimate of drug-likeness (QED) is 0.806. The summed E-state index contributed by atoms with van der Waals surface area (Å²) < 4.78 is 5.23. The zero-order valence-corrected chi connectivity index (χ0v) is 10.8. The maximum atomic E-state index is 12.4. The molecule has 0 aromatic heterocycles. The second kappa shape index (κ2) is 4.28. The van der Waals surface area contributed by atoms with Crippen LogP contribution in [0.5, 0.6) is 5.75 Å². The van der Waals surface area contributed by atoms with Crippen molar-refractivity contribution in [3.63, 3.8) is 0 Å². The average molecular weight is 246 g/mol. The first-order valence-electron chi connectivity index (χ1n) is 6.35. The number of nitrogens with zero attached hydrogens (tertiary/aromatic N) is 1. The number of hydrogen-bond donors (Lipinski definition) is 1. The topological polar surface area (TPSA) is 41.6 Å². The zero-order chi connectivity index (χ0) is 12.7. The van der Waals surface area contributed by atoms with Gasteiger partial charge in [-0.1, -0.05) is 6.07 Å². The minimum Gasteiger partial charge on any atom is -0.497 e. The number of methoxy groups -OCH3 is 1. The largest absolute Gasteiger partial charge is 0.497 e. The maximum Gasteiger partial charge on any atom is 0.254 e. The van der Waals surface area contributed by atoms with Gasteiger partial charge in [-0.25, -0.2) is 0 Å². The molecule has 96 valence electrons. The van der Waals surface area contributed by atoms with E-state index in [1.165, 1.54) is 5.56 Å². The summed E-state index contributed by atoms with van der Waals surface area (Å²) >= 11 is 0. The number of rotatable bonds is 1. The summed E-state index contributed by atoms with van der Waals surface area (Å²) in [6, 6.07) is 5.87. The van der Waals surface area contributed by atoms with Crippen LogP contribution in [0.2, 0.25) is 0 Å². The molecule has 3 rings (SSSR count). The van der Waals surface area contributed by atoms with Crippen molar-refractivity contribution in [3.05, 3.63) is 29.3 Å². The van der Waals surface area contributed by atoms with E-state index in [9.17, 15) is 4.79 Å². The van der Waals surface area contributed by atoms with Gasteiger partial charge in [0, 0.05) is 38.2 Å². The highest BCUT2D eigenvalue weighted by atomic mass is 16.5. The molecule has 1 fully saturated rings. The van der Waals surface area contributed by atoms with E-state index in [4.69, 9.17) is 4.74 Å². The zero-order valence-electron chi connectivity index (χ0n) is 10.8. The number of fused-ring (bicyclic) bond motifs is 3. The molecule has 1 saturated heterocycles. The number of ether oxygens (including phenoxy) is 1. The Morgan fingerprint density at radius 2 is 2.22 bits per heavy atom. The molecular formula is C14H18N2O2. The van der Waals surface area contributed by atoms with Crippen molar-refractivity contribution in [2.24, 2.45) is 5.92 Å². The van der Waals surface area contributed by atoms with Crippen molar-refractivity contribution in [2.75, 3.05) is 33.8 Å². The lowest BCUT2D eigenvalue weighted by molar-refractivity contribution is 0.0784. The molecule has 2 heterocycles. The predicted molar refractivity (Wildman–Crippen MR) is 69.1 cm³/mol. The molecule has 0 radical (unpaired) electrons. The van der Waals surface area contributed by atoms with Gasteiger partial charge in [-0.05, 0) is 23.6 Å². The molecule has 1 aromatic rings. The summed E-state index contributed by atoms with van der Waals surface area (Å²) in [5.74, 6) is 1.83. The summed E-state index contributed by atoms with van der Waals surface area (Å²) in [5.41, 5.74) is 1.97. The minimum atomic E-state index is 0.110. The fourth-order valence-corrected chi connectivity index (χ4v) is 3.10. The third-order valence-corrected chi connectivity index (χ3v) is 4.09. The van der Waals surface area contributed by atoms with Gasteiger partial charge in [0.25, 0.3) is 5.91 Å². The molecule has 1 N–H and O–H groups in total. The van der Waals surface area contributed by atoms with Gasteiger partial charge in [-0.15, -0.1) is 0 Å². The van der Waals surface area contributed by atoms with Gasteiger partial charge < -0.3 is 15.0 Å². The molecule has 4 heteroatoms. The normalized spacial score (nSPS) is 26.6. The molecule has 1 amide bonds. The Kier molecular flexibility index (Phi) is 2.74. The Bertz CT molecular complexity index is 487. The number of carbonyl (C=O) groups is 1. The summed E-state index contributed by atoms with van der Waals surface area (Å²) in [5, 5.41) is 3.43. The minimum absolute atomic E-state index is 0.110. The second-order valence-electron chi connectivity index (χ2n) is 5.16. The Balaban J connectivity index is 2.12. The smallest absolute Gasteiger partial charge is 0.254 e. The van der Waals surface area contributed by atoms with Gasteiger partial charge in [0.1, 0.15) is 5.75 Å². The Morgan fingerprint density at radius 1 is 1.39 bits per heavy atom. The summed E-state index contributed by atoms with van der Waals surface area (Å²) in [6.07, 6.45) is 0. The van der Waals surface area contributed by atoms with E-state index in [1.807, 2.05) is 24.1 Å². The molecular weight excluding hydrogens is 228 g/mol. The lowest BCUT2D eigenvalue weighted by Crippen LogP contribution is -2.31. The van der Waals surface area contributed by atoms with Crippen molar-refractivity contribution < 1.29 is 9.53 Å². The first-order chi connectivity index (χ1) is 8.70. The standard InChI is InChI=1S/C14H18N2O2/c1-16-8-9-6-15-7-13(9)11-4-3-10(18-2)5-12(11)14(16)17/h3-5,9,13,15H,6-8H2,1-2H3. The third kappa shape index (κ3) is 1.68. The third-order valence-electron chi connectivity index (χ3n) is 4.09. The van der Waals surface area contributed by atoms with Crippen LogP contribution in [0.3, 0.4) is 0 Å². The van der Waals surface area contributed by atoms with Crippen molar-refractivity contribution in [1.82, 2.24) is 10.2 Å². The molecule has 4 nitrogen and oxygen atoms in total. The number of benzene rings is 1. The Hall–Kier alpha value is -1.55. The van der Waals surface area contributed by atoms with E-state index in [1.54, 1.807) is 7.11 Å². The lowest BCUT2D eigenvalue weighted by atomic mass is 9.87. The lowest BCUT2D eigenvalue weighted by Gasteiger charge is -2.19. The Labute approximate surface area is 107 Å². The van der Waals surface area contributed by atoms with Crippen LogP contribution in [0.1, 0.15) is 21.8 Å². The van der Waals surface area contributed by atoms with Crippen molar-refractivity contribution in [3.8, 4) is 5.75 Å². The van der Waals surface area contributed by atoms with Crippen molar-refractivity contribution in [1.29, 1.82) is 0 Å². The van der Waals surface area contributed by atoms with Gasteiger partial charge in [0.15, 0.2) is 0 Å². The molecule has 2 unspecified atom stereocenters. The molecule has 0 bridgehead atoms. The van der Waals surface area contributed by atoms with Crippen LogP contribution >= 0.6 is 0 Å². The summed E-state index contributed by atoms with van der Waals surface area (Å²) in [4.78, 5) is 14.2. The van der Waals surface area contributed by atoms with Crippen LogP contribution in [-0.2, 0) is 0 Å². The fraction of sp³-hybridized carbons (Fsp3) is 0.500. The monoisotopic (exact) mass is 246 g/mol. The second-order valence-corrected chi connectivity index (χ2v) is 5.16. The molecule has 0 aliphatic carbocycles. The summed E-state index contributed by atoms with van der Waals surface area (Å²) in [6.45, 7) is 2.78. The molecule has 2 atom stereocenters. The number of amides is 1. The van der Waals surface area contributed by atoms with Gasteiger partial charge in [0.2, 0.25) is 0 Å². The Morgan fingerprint density at radius 3 is 3.00 bits per heavy atom. The molecule has 0 saturated carbocycles. The van der Waals surface area contributed by atoms with E-state index in [0.29, 0.717) is 11.8 Å². The first kappa shape index (κ1) is 11.5. The van der Waals surface area contributed by atoms with E-state index < -0.39 is 0 Å². The molecule has 18 heavy (non-hydrogen) atoms. The van der Waals surface area contributed by atoms with Gasteiger partial charge >= 0.3 is 0 Å². The van der Waals surface area contributed by atoms with E-state index >= 15 is 0 Å². The fourth-order valence-electron chi connectivity index (χ4n) is 3.10. The van der Waals surface area contributed by atoms with Gasteiger partial charge in [0.05, 0.1) is 7.11 Å².